The summed E-state index contributed by atoms with van der Waals surface area (Å²) >= 11 is 0. The van der Waals surface area contributed by atoms with E-state index >= 15 is 0 Å². The van der Waals surface area contributed by atoms with Gasteiger partial charge in [0.1, 0.15) is 11.6 Å². The molecule has 0 radical (unpaired) electrons. The zero-order valence-electron chi connectivity index (χ0n) is 15.9. The number of hydrogen-bond acceptors (Lipinski definition) is 4. The van der Waals surface area contributed by atoms with Crippen molar-refractivity contribution in [3.63, 3.8) is 0 Å². The number of nitrogens with one attached hydrogen (secondary N) is 1. The largest absolute Gasteiger partial charge is 0.483 e. The molecule has 1 N–H and O–H groups in total. The number of ether oxygens (including phenoxy) is 1. The van der Waals surface area contributed by atoms with E-state index in [2.05, 4.69) is 5.32 Å². The van der Waals surface area contributed by atoms with Crippen LogP contribution >= 0.6 is 0 Å². The molecule has 1 aliphatic rings. The lowest BCUT2D eigenvalue weighted by molar-refractivity contribution is -0.118. The van der Waals surface area contributed by atoms with Gasteiger partial charge < -0.3 is 15.0 Å². The van der Waals surface area contributed by atoms with Crippen molar-refractivity contribution in [1.82, 2.24) is 4.90 Å². The average molecular weight is 384 g/mol. The highest BCUT2D eigenvalue weighted by Gasteiger charge is 2.32. The number of halogens is 1. The van der Waals surface area contributed by atoms with E-state index in [9.17, 15) is 18.8 Å². The predicted molar refractivity (Wildman–Crippen MR) is 102 cm³/mol. The molecule has 0 saturated heterocycles. The lowest BCUT2D eigenvalue weighted by Crippen LogP contribution is -2.22. The zero-order chi connectivity index (χ0) is 20.4. The van der Waals surface area contributed by atoms with Crippen molar-refractivity contribution >= 4 is 23.3 Å². The first-order chi connectivity index (χ1) is 13.3. The lowest BCUT2D eigenvalue weighted by atomic mass is 10.0. The molecule has 0 aliphatic heterocycles. The van der Waals surface area contributed by atoms with E-state index < -0.39 is 11.7 Å². The van der Waals surface area contributed by atoms with Gasteiger partial charge in [-0.3, -0.25) is 14.4 Å². The second-order valence-corrected chi connectivity index (χ2v) is 6.98. The van der Waals surface area contributed by atoms with Crippen molar-refractivity contribution in [2.45, 2.75) is 19.3 Å². The van der Waals surface area contributed by atoms with E-state index in [1.165, 1.54) is 17.0 Å². The third kappa shape index (κ3) is 3.88. The van der Waals surface area contributed by atoms with Crippen LogP contribution in [-0.4, -0.2) is 43.2 Å². The van der Waals surface area contributed by atoms with E-state index in [-0.39, 0.29) is 41.9 Å². The van der Waals surface area contributed by atoms with Crippen molar-refractivity contribution in [2.75, 3.05) is 26.0 Å². The Kier molecular flexibility index (Phi) is 5.44. The summed E-state index contributed by atoms with van der Waals surface area (Å²) in [5.41, 5.74) is 1.60. The van der Waals surface area contributed by atoms with E-state index in [0.717, 1.165) is 0 Å². The molecule has 2 amide bonds. The minimum absolute atomic E-state index is 0.134. The van der Waals surface area contributed by atoms with Gasteiger partial charge in [0.15, 0.2) is 12.4 Å². The summed E-state index contributed by atoms with van der Waals surface area (Å²) in [5.74, 6) is -1.17. The average Bonchev–Trinajstić information content (AvgIpc) is 2.96. The molecule has 7 heteroatoms. The molecule has 0 spiro atoms. The summed E-state index contributed by atoms with van der Waals surface area (Å²) in [7, 11) is 3.32. The molecule has 28 heavy (non-hydrogen) atoms. The second-order valence-electron chi connectivity index (χ2n) is 6.98. The Morgan fingerprint density at radius 1 is 1.18 bits per heavy atom. The molecule has 6 nitrogen and oxygen atoms in total. The van der Waals surface area contributed by atoms with Crippen LogP contribution in [0.4, 0.5) is 10.1 Å². The fourth-order valence-electron chi connectivity index (χ4n) is 3.24. The summed E-state index contributed by atoms with van der Waals surface area (Å²) in [6.45, 7) is 1.46. The van der Waals surface area contributed by atoms with E-state index in [1.807, 2.05) is 0 Å². The van der Waals surface area contributed by atoms with Gasteiger partial charge in [0.05, 0.1) is 5.56 Å². The van der Waals surface area contributed by atoms with Crippen LogP contribution < -0.4 is 10.1 Å². The van der Waals surface area contributed by atoms with Crippen LogP contribution in [0.5, 0.6) is 5.75 Å². The molecule has 0 unspecified atom stereocenters. The molecule has 146 valence electrons. The van der Waals surface area contributed by atoms with Gasteiger partial charge in [0, 0.05) is 37.3 Å². The summed E-state index contributed by atoms with van der Waals surface area (Å²) in [6, 6.07) is 9.10. The maximum absolute atomic E-state index is 14.0. The Morgan fingerprint density at radius 3 is 2.50 bits per heavy atom. The van der Waals surface area contributed by atoms with E-state index in [1.54, 1.807) is 45.3 Å². The summed E-state index contributed by atoms with van der Waals surface area (Å²) in [5, 5.41) is 2.66. The van der Waals surface area contributed by atoms with Gasteiger partial charge in [-0.25, -0.2) is 4.39 Å². The molecule has 3 rings (SSSR count). The van der Waals surface area contributed by atoms with Crippen LogP contribution in [0.15, 0.2) is 36.4 Å². The lowest BCUT2D eigenvalue weighted by Gasteiger charge is -2.13. The number of Topliss-reactive ketones (excluding diaryl/α,β-unsaturated/α-hetero) is 1. The van der Waals surface area contributed by atoms with E-state index in [0.29, 0.717) is 16.8 Å². The molecule has 0 aromatic heterocycles. The fraction of sp³-hybridized carbons (Fsp3) is 0.286. The van der Waals surface area contributed by atoms with Gasteiger partial charge in [-0.15, -0.1) is 0 Å². The van der Waals surface area contributed by atoms with Crippen molar-refractivity contribution in [3.05, 3.63) is 58.9 Å². The maximum atomic E-state index is 14.0. The zero-order valence-corrected chi connectivity index (χ0v) is 15.9. The Morgan fingerprint density at radius 2 is 1.86 bits per heavy atom. The molecule has 0 fully saturated rings. The quantitative estimate of drug-likeness (QED) is 0.859. The first-order valence-corrected chi connectivity index (χ1v) is 8.88. The van der Waals surface area contributed by atoms with Crippen molar-refractivity contribution in [2.24, 2.45) is 0 Å². The van der Waals surface area contributed by atoms with Crippen LogP contribution in [0.25, 0.3) is 0 Å². The minimum Gasteiger partial charge on any atom is -0.483 e. The number of ketones is 1. The molecule has 0 bridgehead atoms. The van der Waals surface area contributed by atoms with Gasteiger partial charge in [-0.1, -0.05) is 6.92 Å². The Labute approximate surface area is 162 Å². The predicted octanol–water partition coefficient (Wildman–Crippen LogP) is 3.23. The number of nitrogens with zero attached hydrogens (tertiary/aromatic N) is 1. The normalized spacial score (nSPS) is 15.1. The minimum atomic E-state index is -0.433. The van der Waals surface area contributed by atoms with Crippen LogP contribution in [0.2, 0.25) is 0 Å². The molecule has 2 aromatic rings. The highest BCUT2D eigenvalue weighted by molar-refractivity contribution is 6.04. The summed E-state index contributed by atoms with van der Waals surface area (Å²) in [6.07, 6.45) is 0.233. The second kappa shape index (κ2) is 7.80. The number of amides is 2. The van der Waals surface area contributed by atoms with Gasteiger partial charge in [-0.05, 0) is 42.3 Å². The van der Waals surface area contributed by atoms with Crippen LogP contribution in [-0.2, 0) is 4.79 Å². The number of anilines is 1. The SMILES string of the molecule is C[C@H]1CC(=O)c2c(OCC(=O)Nc3ccc(C(=O)N(C)C)cc3)ccc(F)c21. The van der Waals surface area contributed by atoms with Crippen LogP contribution in [0.1, 0.15) is 45.5 Å². The first-order valence-electron chi connectivity index (χ1n) is 8.88. The number of carbonyl (C=O) groups excluding carboxylic acids is 3. The molecule has 1 atom stereocenters. The molecular weight excluding hydrogens is 363 g/mol. The van der Waals surface area contributed by atoms with Gasteiger partial charge in [-0.2, -0.15) is 0 Å². The van der Waals surface area contributed by atoms with E-state index in [4.69, 9.17) is 4.74 Å². The summed E-state index contributed by atoms with van der Waals surface area (Å²) < 4.78 is 19.5. The molecule has 0 heterocycles. The Hall–Kier alpha value is -3.22. The number of rotatable bonds is 5. The standard InChI is InChI=1S/C21H21FN2O4/c1-12-10-16(25)20-17(9-8-15(22)19(12)20)28-11-18(26)23-14-6-4-13(5-7-14)21(27)24(2)3/h4-9,12H,10-11H2,1-3H3,(H,23,26)/t12-/m0/s1. The van der Waals surface area contributed by atoms with Gasteiger partial charge >= 0.3 is 0 Å². The molecule has 2 aromatic carbocycles. The molecule has 0 saturated carbocycles. The van der Waals surface area contributed by atoms with Crippen molar-refractivity contribution in [1.29, 1.82) is 0 Å². The monoisotopic (exact) mass is 384 g/mol. The Bertz CT molecular complexity index is 938. The third-order valence-corrected chi connectivity index (χ3v) is 4.60. The smallest absolute Gasteiger partial charge is 0.262 e. The number of fused-ring (bicyclic) bond motifs is 1. The van der Waals surface area contributed by atoms with Crippen molar-refractivity contribution in [3.8, 4) is 5.75 Å². The molecule has 1 aliphatic carbocycles. The number of hydrogen-bond donors (Lipinski definition) is 1. The number of benzene rings is 2. The highest BCUT2D eigenvalue weighted by atomic mass is 19.1. The molecular formula is C21H21FN2O4. The van der Waals surface area contributed by atoms with Crippen LogP contribution in [0.3, 0.4) is 0 Å². The van der Waals surface area contributed by atoms with Crippen molar-refractivity contribution < 1.29 is 23.5 Å². The van der Waals surface area contributed by atoms with Gasteiger partial charge in [0.2, 0.25) is 0 Å². The highest BCUT2D eigenvalue weighted by Crippen LogP contribution is 2.39. The Balaban J connectivity index is 1.64. The third-order valence-electron chi connectivity index (χ3n) is 4.60. The van der Waals surface area contributed by atoms with Crippen LogP contribution in [0, 0.1) is 5.82 Å². The summed E-state index contributed by atoms with van der Waals surface area (Å²) in [4.78, 5) is 37.6. The first kappa shape index (κ1) is 19.5. The topological polar surface area (TPSA) is 75.7 Å². The fourth-order valence-corrected chi connectivity index (χ4v) is 3.24. The van der Waals surface area contributed by atoms with Gasteiger partial charge in [0.25, 0.3) is 11.8 Å². The number of carbonyl (C=O) groups is 3. The maximum Gasteiger partial charge on any atom is 0.262 e.